The van der Waals surface area contributed by atoms with Crippen LogP contribution in [0.5, 0.6) is 11.5 Å². The van der Waals surface area contributed by atoms with Gasteiger partial charge in [-0.25, -0.2) is 23.2 Å². The van der Waals surface area contributed by atoms with Crippen molar-refractivity contribution in [3.63, 3.8) is 0 Å². The Morgan fingerprint density at radius 2 is 1.80 bits per heavy atom. The molecular formula is C41H53N7O9S2. The zero-order valence-electron chi connectivity index (χ0n) is 33.8. The van der Waals surface area contributed by atoms with Crippen molar-refractivity contribution in [1.82, 2.24) is 30.2 Å². The van der Waals surface area contributed by atoms with Gasteiger partial charge < -0.3 is 35.1 Å². The number of carbonyl (C=O) groups excluding carboxylic acids is 4. The van der Waals surface area contributed by atoms with E-state index in [0.29, 0.717) is 53.1 Å². The summed E-state index contributed by atoms with van der Waals surface area (Å²) in [7, 11) is -2.38. The molecule has 2 aliphatic carbocycles. The number of carbonyl (C=O) groups is 4. The van der Waals surface area contributed by atoms with Crippen molar-refractivity contribution in [2.45, 2.75) is 120 Å². The maximum absolute atomic E-state index is 14.7. The smallest absolute Gasteiger partial charge is 0.408 e. The Hall–Kier alpha value is -4.97. The molecule has 7 rings (SSSR count). The van der Waals surface area contributed by atoms with Crippen LogP contribution in [0, 0.1) is 5.92 Å². The molecule has 0 bridgehead atoms. The van der Waals surface area contributed by atoms with Crippen LogP contribution in [0.3, 0.4) is 0 Å². The van der Waals surface area contributed by atoms with Crippen LogP contribution in [0.4, 0.5) is 9.93 Å². The number of methoxy groups -OCH3 is 1. The Morgan fingerprint density at radius 1 is 1.02 bits per heavy atom. The third kappa shape index (κ3) is 10.1. The minimum Gasteiger partial charge on any atom is -0.497 e. The first-order chi connectivity index (χ1) is 28.2. The van der Waals surface area contributed by atoms with Gasteiger partial charge in [-0.1, -0.05) is 25.0 Å². The van der Waals surface area contributed by atoms with E-state index < -0.39 is 63.5 Å². The van der Waals surface area contributed by atoms with Gasteiger partial charge in [0.15, 0.2) is 5.13 Å². The normalized spacial score (nSPS) is 25.3. The van der Waals surface area contributed by atoms with Gasteiger partial charge >= 0.3 is 6.09 Å². The second kappa shape index (κ2) is 17.7. The largest absolute Gasteiger partial charge is 0.497 e. The number of thiazole rings is 1. The van der Waals surface area contributed by atoms with Crippen LogP contribution in [-0.2, 0) is 29.1 Å². The van der Waals surface area contributed by atoms with Crippen molar-refractivity contribution in [3.8, 4) is 22.9 Å². The van der Waals surface area contributed by atoms with Crippen LogP contribution in [-0.4, -0.2) is 103 Å². The summed E-state index contributed by atoms with van der Waals surface area (Å²) in [5, 5.41) is 12.3. The van der Waals surface area contributed by atoms with E-state index in [1.165, 1.54) is 16.2 Å². The second-order valence-corrected chi connectivity index (χ2v) is 18.9. The molecule has 4 N–H and O–H groups in total. The van der Waals surface area contributed by atoms with Crippen LogP contribution in [0.15, 0.2) is 41.8 Å². The number of hydrogen-bond donors (Lipinski definition) is 4. The zero-order valence-corrected chi connectivity index (χ0v) is 35.5. The maximum atomic E-state index is 14.7. The van der Waals surface area contributed by atoms with Crippen molar-refractivity contribution in [2.75, 3.05) is 25.2 Å². The predicted molar refractivity (Wildman–Crippen MR) is 223 cm³/mol. The van der Waals surface area contributed by atoms with Gasteiger partial charge in [-0.2, -0.15) is 0 Å². The van der Waals surface area contributed by atoms with Gasteiger partial charge in [0.2, 0.25) is 21.8 Å². The quantitative estimate of drug-likeness (QED) is 0.198. The number of nitrogens with one attached hydrogen (secondary N) is 4. The van der Waals surface area contributed by atoms with Gasteiger partial charge in [0, 0.05) is 41.3 Å². The molecule has 2 aromatic heterocycles. The summed E-state index contributed by atoms with van der Waals surface area (Å²) in [6.45, 7) is 4.03. The topological polar surface area (TPSA) is 207 Å². The van der Waals surface area contributed by atoms with E-state index in [-0.39, 0.29) is 31.5 Å². The molecule has 1 saturated heterocycles. The van der Waals surface area contributed by atoms with Crippen molar-refractivity contribution in [3.05, 3.63) is 41.8 Å². The molecule has 0 spiro atoms. The number of sulfonamides is 1. The first-order valence-electron chi connectivity index (χ1n) is 20.4. The lowest BCUT2D eigenvalue weighted by atomic mass is 10.0. The summed E-state index contributed by atoms with van der Waals surface area (Å²) in [6, 6.07) is 5.27. The Morgan fingerprint density at radius 3 is 2.54 bits per heavy atom. The Kier molecular flexibility index (Phi) is 12.7. The number of aromatic nitrogens is 2. The number of anilines is 1. The number of benzene rings is 1. The number of pyridine rings is 1. The molecule has 18 heteroatoms. The van der Waals surface area contributed by atoms with E-state index >= 15 is 0 Å². The average molecular weight is 852 g/mol. The van der Waals surface area contributed by atoms with E-state index in [2.05, 4.69) is 20.7 Å². The Balaban J connectivity index is 1.22. The molecule has 1 aromatic carbocycles. The molecule has 59 heavy (non-hydrogen) atoms. The van der Waals surface area contributed by atoms with Crippen molar-refractivity contribution in [1.29, 1.82) is 0 Å². The van der Waals surface area contributed by atoms with Gasteiger partial charge in [-0.3, -0.25) is 19.1 Å². The predicted octanol–water partition coefficient (Wildman–Crippen LogP) is 5.04. The van der Waals surface area contributed by atoms with Crippen LogP contribution in [0.25, 0.3) is 22.3 Å². The van der Waals surface area contributed by atoms with Crippen LogP contribution >= 0.6 is 11.3 Å². The molecule has 4 amide bonds. The summed E-state index contributed by atoms with van der Waals surface area (Å²) in [6.07, 6.45) is 9.93. The minimum absolute atomic E-state index is 0.0207. The fraction of sp³-hybridized carbons (Fsp3) is 0.561. The van der Waals surface area contributed by atoms with Gasteiger partial charge in [0.1, 0.15) is 47.0 Å². The molecule has 1 unspecified atom stereocenters. The van der Waals surface area contributed by atoms with Crippen LogP contribution in [0.1, 0.15) is 84.5 Å². The summed E-state index contributed by atoms with van der Waals surface area (Å²) >= 11 is 1.45. The van der Waals surface area contributed by atoms with Gasteiger partial charge in [0.05, 0.1) is 31.1 Å². The lowest BCUT2D eigenvalue weighted by Crippen LogP contribution is -2.58. The van der Waals surface area contributed by atoms with E-state index in [0.717, 1.165) is 49.9 Å². The van der Waals surface area contributed by atoms with E-state index in [1.54, 1.807) is 25.3 Å². The lowest BCUT2D eigenvalue weighted by Gasteiger charge is -2.30. The van der Waals surface area contributed by atoms with E-state index in [4.69, 9.17) is 24.2 Å². The minimum atomic E-state index is -3.95. The number of alkyl carbamates (subject to hydrolysis) is 1. The van der Waals surface area contributed by atoms with E-state index in [1.807, 2.05) is 37.4 Å². The highest BCUT2D eigenvalue weighted by Crippen LogP contribution is 2.46. The SMILES string of the molecule is COc1ccc2c(O[C@@H]3C[C@H]4C(=O)N[C@]5(C(=O)NS(C)(=O)=O)CC5C=CCCCCC[C@H](NC(=O)OC5CCCC5)C(=O)N4C3)cc(-c3csc(NC(C)C)n3)nc2c1. The summed E-state index contributed by atoms with van der Waals surface area (Å²) in [5.41, 5.74) is 0.235. The summed E-state index contributed by atoms with van der Waals surface area (Å²) < 4.78 is 44.4. The van der Waals surface area contributed by atoms with Gasteiger partial charge in [-0.15, -0.1) is 11.3 Å². The highest BCUT2D eigenvalue weighted by Gasteiger charge is 2.61. The monoisotopic (exact) mass is 851 g/mol. The average Bonchev–Trinajstić information content (AvgIpc) is 3.61. The summed E-state index contributed by atoms with van der Waals surface area (Å²) in [4.78, 5) is 67.0. The maximum Gasteiger partial charge on any atom is 0.408 e. The van der Waals surface area contributed by atoms with Crippen LogP contribution in [0.2, 0.25) is 0 Å². The fourth-order valence-corrected chi connectivity index (χ4v) is 9.55. The standard InChI is InChI=1S/C41H53N7O9S2/c1-24(2)42-39-44-33(23-58-39)32-20-35(29-17-16-27(55-3)18-31(29)43-32)56-28-19-34-36(49)46-41(38(51)47-59(4,53)54)21-25(41)12-8-6-5-7-9-15-30(37(50)48(34)22-28)45-40(52)57-26-13-10-11-14-26/h8,12,16-18,20,23-26,28,30,34H,5-7,9-11,13-15,19,21-22H2,1-4H3,(H,42,44)(H,45,52)(H,46,49)(H,47,51)/t25?,28-,30+,34+,41-/m1/s1. The molecule has 3 fully saturated rings. The molecule has 2 saturated carbocycles. The molecule has 5 atom stereocenters. The Labute approximate surface area is 348 Å². The first-order valence-corrected chi connectivity index (χ1v) is 23.1. The highest BCUT2D eigenvalue weighted by atomic mass is 32.2. The van der Waals surface area contributed by atoms with Crippen LogP contribution < -0.4 is 30.1 Å². The van der Waals surface area contributed by atoms with E-state index in [9.17, 15) is 27.6 Å². The third-order valence-electron chi connectivity index (χ3n) is 11.2. The molecule has 2 aliphatic heterocycles. The van der Waals surface area contributed by atoms with Crippen molar-refractivity contribution < 1.29 is 41.8 Å². The second-order valence-electron chi connectivity index (χ2n) is 16.3. The number of rotatable bonds is 10. The molecule has 318 valence electrons. The first kappa shape index (κ1) is 42.2. The molecular weight excluding hydrogens is 799 g/mol. The molecule has 4 aliphatic rings. The number of allylic oxidation sites excluding steroid dienone is 1. The highest BCUT2D eigenvalue weighted by molar-refractivity contribution is 7.89. The fourth-order valence-electron chi connectivity index (χ4n) is 8.17. The summed E-state index contributed by atoms with van der Waals surface area (Å²) in [5.74, 6) is -1.36. The Bertz CT molecular complexity index is 2210. The lowest BCUT2D eigenvalue weighted by molar-refractivity contribution is -0.141. The third-order valence-corrected chi connectivity index (χ3v) is 12.6. The molecule has 4 heterocycles. The van der Waals surface area contributed by atoms with Gasteiger partial charge in [0.25, 0.3) is 5.91 Å². The van der Waals surface area contributed by atoms with Crippen molar-refractivity contribution in [2.24, 2.45) is 5.92 Å². The number of fused-ring (bicyclic) bond motifs is 3. The number of nitrogens with zero attached hydrogens (tertiary/aromatic N) is 3. The van der Waals surface area contributed by atoms with Gasteiger partial charge in [-0.05, 0) is 77.3 Å². The van der Waals surface area contributed by atoms with Crippen molar-refractivity contribution >= 4 is 61.2 Å². The number of hydrogen-bond acceptors (Lipinski definition) is 13. The molecule has 0 radical (unpaired) electrons. The zero-order chi connectivity index (χ0) is 41.9. The molecule has 3 aromatic rings. The number of amides is 4. The molecule has 16 nitrogen and oxygen atoms in total. The number of ether oxygens (including phenoxy) is 3.